The van der Waals surface area contributed by atoms with E-state index in [1.165, 1.54) is 18.7 Å². The smallest absolute Gasteiger partial charge is 0.255 e. The molecule has 2 aromatic rings. The van der Waals surface area contributed by atoms with E-state index < -0.39 is 5.95 Å². The molecule has 0 saturated carbocycles. The van der Waals surface area contributed by atoms with Crippen molar-refractivity contribution in [3.63, 3.8) is 0 Å². The number of nitrogens with zero attached hydrogens (tertiary/aromatic N) is 2. The molecule has 1 aliphatic rings. The quantitative estimate of drug-likeness (QED) is 0.884. The molecular weight excluding hydrogens is 281 g/mol. The summed E-state index contributed by atoms with van der Waals surface area (Å²) in [5, 5.41) is 2.76. The summed E-state index contributed by atoms with van der Waals surface area (Å²) in [6.45, 7) is 4.40. The lowest BCUT2D eigenvalue weighted by molar-refractivity contribution is 0.102. The minimum Gasteiger partial charge on any atom is -0.371 e. The summed E-state index contributed by atoms with van der Waals surface area (Å²) in [5.41, 5.74) is 2.11. The average Bonchev–Trinajstić information content (AvgIpc) is 2.94. The van der Waals surface area contributed by atoms with Crippen LogP contribution in [0.3, 0.4) is 0 Å². The zero-order valence-corrected chi connectivity index (χ0v) is 12.4. The minimum atomic E-state index is -0.661. The van der Waals surface area contributed by atoms with Crippen molar-refractivity contribution in [2.24, 2.45) is 5.92 Å². The maximum absolute atomic E-state index is 13.0. The van der Waals surface area contributed by atoms with E-state index in [4.69, 9.17) is 0 Å². The van der Waals surface area contributed by atoms with E-state index in [2.05, 4.69) is 22.1 Å². The van der Waals surface area contributed by atoms with Gasteiger partial charge >= 0.3 is 0 Å². The Morgan fingerprint density at radius 1 is 1.32 bits per heavy atom. The highest BCUT2D eigenvalue weighted by atomic mass is 19.1. The van der Waals surface area contributed by atoms with E-state index in [9.17, 15) is 9.18 Å². The number of hydrogen-bond acceptors (Lipinski definition) is 3. The van der Waals surface area contributed by atoms with Gasteiger partial charge in [-0.25, -0.2) is 4.98 Å². The van der Waals surface area contributed by atoms with Gasteiger partial charge in [0.2, 0.25) is 5.95 Å². The fourth-order valence-electron chi connectivity index (χ4n) is 2.67. The van der Waals surface area contributed by atoms with Crippen LogP contribution < -0.4 is 10.2 Å². The first-order valence-corrected chi connectivity index (χ1v) is 7.40. The van der Waals surface area contributed by atoms with Crippen molar-refractivity contribution in [3.05, 3.63) is 54.1 Å². The summed E-state index contributed by atoms with van der Waals surface area (Å²) < 4.78 is 13.0. The molecule has 0 spiro atoms. The van der Waals surface area contributed by atoms with Crippen molar-refractivity contribution in [1.29, 1.82) is 0 Å². The summed E-state index contributed by atoms with van der Waals surface area (Å²) in [6, 6.07) is 10.3. The number of pyridine rings is 1. The predicted octanol–water partition coefficient (Wildman–Crippen LogP) is 3.32. The highest BCUT2D eigenvalue weighted by molar-refractivity contribution is 6.04. The summed E-state index contributed by atoms with van der Waals surface area (Å²) >= 11 is 0. The lowest BCUT2D eigenvalue weighted by atomic mass is 10.2. The summed E-state index contributed by atoms with van der Waals surface area (Å²) in [7, 11) is 0. The molecule has 1 aromatic heterocycles. The van der Waals surface area contributed by atoms with Gasteiger partial charge in [0.15, 0.2) is 0 Å². The number of hydrogen-bond donors (Lipinski definition) is 1. The molecule has 2 heterocycles. The van der Waals surface area contributed by atoms with Gasteiger partial charge in [-0.1, -0.05) is 6.92 Å². The Morgan fingerprint density at radius 2 is 2.09 bits per heavy atom. The molecule has 1 N–H and O–H groups in total. The predicted molar refractivity (Wildman–Crippen MR) is 84.6 cm³/mol. The molecule has 22 heavy (non-hydrogen) atoms. The number of aromatic nitrogens is 1. The van der Waals surface area contributed by atoms with Crippen molar-refractivity contribution in [1.82, 2.24) is 4.98 Å². The van der Waals surface area contributed by atoms with Crippen LogP contribution in [0.4, 0.5) is 15.8 Å². The Balaban J connectivity index is 1.67. The summed E-state index contributed by atoms with van der Waals surface area (Å²) in [6.07, 6.45) is 2.49. The fraction of sp³-hybridized carbons (Fsp3) is 0.294. The topological polar surface area (TPSA) is 45.2 Å². The van der Waals surface area contributed by atoms with Crippen LogP contribution in [0.5, 0.6) is 0 Å². The highest BCUT2D eigenvalue weighted by Crippen LogP contribution is 2.24. The third kappa shape index (κ3) is 3.24. The van der Waals surface area contributed by atoms with E-state index >= 15 is 0 Å². The van der Waals surface area contributed by atoms with Gasteiger partial charge in [-0.05, 0) is 42.7 Å². The van der Waals surface area contributed by atoms with Crippen LogP contribution in [0.2, 0.25) is 0 Å². The van der Waals surface area contributed by atoms with Crippen LogP contribution in [0.25, 0.3) is 0 Å². The number of nitrogens with one attached hydrogen (secondary N) is 1. The van der Waals surface area contributed by atoms with Gasteiger partial charge in [0.1, 0.15) is 0 Å². The SMILES string of the molecule is CC1CCN(c2ccc(NC(=O)c3ccnc(F)c3)cc2)C1. The number of benzene rings is 1. The second-order valence-electron chi connectivity index (χ2n) is 5.71. The first-order chi connectivity index (χ1) is 10.6. The third-order valence-corrected chi connectivity index (χ3v) is 3.90. The molecule has 1 amide bonds. The van der Waals surface area contributed by atoms with Crippen molar-refractivity contribution >= 4 is 17.3 Å². The monoisotopic (exact) mass is 299 g/mol. The second kappa shape index (κ2) is 6.13. The first-order valence-electron chi connectivity index (χ1n) is 7.40. The van der Waals surface area contributed by atoms with Gasteiger partial charge in [0.05, 0.1) is 0 Å². The lowest BCUT2D eigenvalue weighted by Crippen LogP contribution is -2.19. The molecule has 3 rings (SSSR count). The lowest BCUT2D eigenvalue weighted by Gasteiger charge is -2.18. The number of carbonyl (C=O) groups excluding carboxylic acids is 1. The standard InChI is InChI=1S/C17H18FN3O/c1-12-7-9-21(11-12)15-4-2-14(3-5-15)20-17(22)13-6-8-19-16(18)10-13/h2-6,8,10,12H,7,9,11H2,1H3,(H,20,22). The molecule has 114 valence electrons. The van der Waals surface area contributed by atoms with Gasteiger partial charge < -0.3 is 10.2 Å². The van der Waals surface area contributed by atoms with E-state index in [1.54, 1.807) is 0 Å². The maximum Gasteiger partial charge on any atom is 0.255 e. The van der Waals surface area contributed by atoms with Gasteiger partial charge in [-0.2, -0.15) is 4.39 Å². The van der Waals surface area contributed by atoms with Crippen LogP contribution in [0.15, 0.2) is 42.6 Å². The maximum atomic E-state index is 13.0. The Hall–Kier alpha value is -2.43. The summed E-state index contributed by atoms with van der Waals surface area (Å²) in [5.74, 6) is -0.282. The zero-order valence-electron chi connectivity index (χ0n) is 12.4. The molecule has 1 aliphatic heterocycles. The highest BCUT2D eigenvalue weighted by Gasteiger charge is 2.18. The molecular formula is C17H18FN3O. The number of halogens is 1. The number of amides is 1. The van der Waals surface area contributed by atoms with Gasteiger partial charge in [-0.3, -0.25) is 4.79 Å². The van der Waals surface area contributed by atoms with Crippen molar-refractivity contribution in [2.45, 2.75) is 13.3 Å². The molecule has 1 saturated heterocycles. The number of anilines is 2. The van der Waals surface area contributed by atoms with Crippen LogP contribution in [-0.4, -0.2) is 24.0 Å². The zero-order chi connectivity index (χ0) is 15.5. The molecule has 5 heteroatoms. The van der Waals surface area contributed by atoms with E-state index in [-0.39, 0.29) is 11.5 Å². The van der Waals surface area contributed by atoms with Crippen molar-refractivity contribution < 1.29 is 9.18 Å². The van der Waals surface area contributed by atoms with Gasteiger partial charge in [0.25, 0.3) is 5.91 Å². The molecule has 1 unspecified atom stereocenters. The number of carbonyl (C=O) groups is 1. The van der Waals surface area contributed by atoms with Crippen molar-refractivity contribution in [2.75, 3.05) is 23.3 Å². The Kier molecular flexibility index (Phi) is 4.04. The van der Waals surface area contributed by atoms with Crippen LogP contribution in [0, 0.1) is 11.9 Å². The Bertz CT molecular complexity index is 672. The molecule has 0 radical (unpaired) electrons. The molecule has 1 atom stereocenters. The Labute approximate surface area is 129 Å². The molecule has 0 bridgehead atoms. The first kappa shape index (κ1) is 14.5. The molecule has 1 fully saturated rings. The number of rotatable bonds is 3. The Morgan fingerprint density at radius 3 is 2.73 bits per heavy atom. The van der Waals surface area contributed by atoms with E-state index in [0.717, 1.165) is 30.8 Å². The largest absolute Gasteiger partial charge is 0.371 e. The normalized spacial score (nSPS) is 17.5. The van der Waals surface area contributed by atoms with Gasteiger partial charge in [-0.15, -0.1) is 0 Å². The van der Waals surface area contributed by atoms with Gasteiger partial charge in [0, 0.05) is 42.3 Å². The molecule has 1 aromatic carbocycles. The average molecular weight is 299 g/mol. The summed E-state index contributed by atoms with van der Waals surface area (Å²) in [4.78, 5) is 17.8. The van der Waals surface area contributed by atoms with Crippen LogP contribution in [0.1, 0.15) is 23.7 Å². The minimum absolute atomic E-state index is 0.255. The third-order valence-electron chi connectivity index (χ3n) is 3.90. The molecule has 4 nitrogen and oxygen atoms in total. The van der Waals surface area contributed by atoms with Crippen LogP contribution in [-0.2, 0) is 0 Å². The fourth-order valence-corrected chi connectivity index (χ4v) is 2.67. The van der Waals surface area contributed by atoms with E-state index in [0.29, 0.717) is 5.69 Å². The van der Waals surface area contributed by atoms with Crippen molar-refractivity contribution in [3.8, 4) is 0 Å². The second-order valence-corrected chi connectivity index (χ2v) is 5.71. The van der Waals surface area contributed by atoms with Crippen LogP contribution >= 0.6 is 0 Å². The molecule has 0 aliphatic carbocycles. The van der Waals surface area contributed by atoms with E-state index in [1.807, 2.05) is 24.3 Å².